The molecule has 0 aliphatic carbocycles. The van der Waals surface area contributed by atoms with E-state index in [0.717, 1.165) is 16.4 Å². The molecule has 0 N–H and O–H groups in total. The fourth-order valence-corrected chi connectivity index (χ4v) is 4.83. The van der Waals surface area contributed by atoms with Crippen LogP contribution < -0.4 is 4.74 Å². The van der Waals surface area contributed by atoms with Crippen molar-refractivity contribution in [1.82, 2.24) is 9.21 Å². The third kappa shape index (κ3) is 4.67. The van der Waals surface area contributed by atoms with Crippen molar-refractivity contribution < 1.29 is 22.9 Å². The average molecular weight is 474 g/mol. The second kappa shape index (κ2) is 8.76. The van der Waals surface area contributed by atoms with E-state index in [4.69, 9.17) is 27.9 Å². The summed E-state index contributed by atoms with van der Waals surface area (Å²) in [5, 5.41) is 11.7. The minimum atomic E-state index is -4.15. The highest BCUT2D eigenvalue weighted by atomic mass is 35.5. The van der Waals surface area contributed by atoms with E-state index in [0.29, 0.717) is 5.02 Å². The Labute approximate surface area is 182 Å². The number of nitrogens with zero attached hydrogens (tertiary/aromatic N) is 3. The van der Waals surface area contributed by atoms with Gasteiger partial charge in [0.05, 0.1) is 9.95 Å². The third-order valence-electron chi connectivity index (χ3n) is 4.55. The molecule has 2 aromatic rings. The van der Waals surface area contributed by atoms with E-state index in [-0.39, 0.29) is 53.5 Å². The van der Waals surface area contributed by atoms with Gasteiger partial charge in [-0.15, -0.1) is 0 Å². The van der Waals surface area contributed by atoms with Crippen molar-refractivity contribution in [3.63, 3.8) is 0 Å². The Morgan fingerprint density at radius 2 is 1.73 bits per heavy atom. The van der Waals surface area contributed by atoms with Crippen LogP contribution in [0.3, 0.4) is 0 Å². The molecule has 1 aliphatic rings. The van der Waals surface area contributed by atoms with Crippen LogP contribution in [-0.2, 0) is 14.8 Å². The van der Waals surface area contributed by atoms with Gasteiger partial charge in [-0.3, -0.25) is 14.9 Å². The first-order valence-electron chi connectivity index (χ1n) is 8.76. The fraction of sp³-hybridized carbons (Fsp3) is 0.278. The van der Waals surface area contributed by atoms with Gasteiger partial charge in [-0.05, 0) is 18.2 Å². The Morgan fingerprint density at radius 1 is 1.07 bits per heavy atom. The van der Waals surface area contributed by atoms with Crippen LogP contribution in [0.4, 0.5) is 5.69 Å². The highest BCUT2D eigenvalue weighted by Crippen LogP contribution is 2.37. The number of nitro groups is 1. The molecule has 0 saturated carbocycles. The van der Waals surface area contributed by atoms with Crippen molar-refractivity contribution in [3.8, 4) is 11.5 Å². The molecule has 0 atom stereocenters. The van der Waals surface area contributed by atoms with E-state index in [1.54, 1.807) is 6.07 Å². The summed E-state index contributed by atoms with van der Waals surface area (Å²) in [5.41, 5.74) is -0.402. The van der Waals surface area contributed by atoms with Crippen molar-refractivity contribution in [2.75, 3.05) is 26.2 Å². The maximum Gasteiger partial charge on any atom is 0.271 e. The number of nitro benzene ring substituents is 1. The summed E-state index contributed by atoms with van der Waals surface area (Å²) in [6.45, 7) is 1.97. The van der Waals surface area contributed by atoms with Crippen LogP contribution in [0.2, 0.25) is 10.0 Å². The molecule has 1 aliphatic heterocycles. The number of carbonyl (C=O) groups is 1. The molecule has 1 heterocycles. The van der Waals surface area contributed by atoms with E-state index in [9.17, 15) is 23.3 Å². The summed E-state index contributed by atoms with van der Waals surface area (Å²) >= 11 is 12.1. The Kier molecular flexibility index (Phi) is 6.51. The number of amides is 1. The van der Waals surface area contributed by atoms with E-state index in [1.165, 1.54) is 30.0 Å². The van der Waals surface area contributed by atoms with E-state index < -0.39 is 20.6 Å². The van der Waals surface area contributed by atoms with Gasteiger partial charge in [-0.1, -0.05) is 23.2 Å². The van der Waals surface area contributed by atoms with Gasteiger partial charge in [0, 0.05) is 56.3 Å². The van der Waals surface area contributed by atoms with Crippen LogP contribution in [0, 0.1) is 10.1 Å². The van der Waals surface area contributed by atoms with Gasteiger partial charge < -0.3 is 9.64 Å². The lowest BCUT2D eigenvalue weighted by atomic mass is 10.3. The van der Waals surface area contributed by atoms with Crippen molar-refractivity contribution in [3.05, 3.63) is 56.6 Å². The molecule has 3 rings (SSSR count). The molecule has 0 unspecified atom stereocenters. The predicted octanol–water partition coefficient (Wildman–Crippen LogP) is 3.55. The molecule has 160 valence electrons. The number of sulfonamides is 1. The summed E-state index contributed by atoms with van der Waals surface area (Å²) in [4.78, 5) is 23.2. The molecule has 0 spiro atoms. The van der Waals surface area contributed by atoms with Crippen molar-refractivity contribution in [1.29, 1.82) is 0 Å². The standard InChI is InChI=1S/C18H17Cl2N3O6S/c1-12(24)21-6-8-22(9-7-21)30(27,28)18-11-14(23(25)26)3-5-16(18)29-17-10-13(19)2-4-15(17)20/h2-5,10-11H,6-9H2,1H3. The number of hydrogen-bond acceptors (Lipinski definition) is 6. The molecule has 2 aromatic carbocycles. The molecule has 0 bridgehead atoms. The van der Waals surface area contributed by atoms with E-state index >= 15 is 0 Å². The second-order valence-corrected chi connectivity index (χ2v) is 9.23. The lowest BCUT2D eigenvalue weighted by molar-refractivity contribution is -0.385. The largest absolute Gasteiger partial charge is 0.454 e. The number of benzene rings is 2. The van der Waals surface area contributed by atoms with Gasteiger partial charge in [0.15, 0.2) is 0 Å². The first-order chi connectivity index (χ1) is 14.1. The number of carbonyl (C=O) groups excluding carboxylic acids is 1. The van der Waals surface area contributed by atoms with Crippen LogP contribution in [0.15, 0.2) is 41.3 Å². The smallest absolute Gasteiger partial charge is 0.271 e. The minimum Gasteiger partial charge on any atom is -0.454 e. The van der Waals surface area contributed by atoms with Crippen molar-refractivity contribution in [2.45, 2.75) is 11.8 Å². The number of rotatable bonds is 5. The number of non-ortho nitro benzene ring substituents is 1. The molecule has 0 radical (unpaired) electrons. The Balaban J connectivity index is 2.01. The molecular formula is C18H17Cl2N3O6S. The lowest BCUT2D eigenvalue weighted by Gasteiger charge is -2.33. The Morgan fingerprint density at radius 3 is 2.33 bits per heavy atom. The van der Waals surface area contributed by atoms with Crippen LogP contribution in [0.5, 0.6) is 11.5 Å². The molecule has 1 fully saturated rings. The van der Waals surface area contributed by atoms with Crippen LogP contribution in [-0.4, -0.2) is 54.6 Å². The highest BCUT2D eigenvalue weighted by Gasteiger charge is 2.33. The zero-order valence-electron chi connectivity index (χ0n) is 15.7. The van der Waals surface area contributed by atoms with Gasteiger partial charge in [-0.25, -0.2) is 8.42 Å². The van der Waals surface area contributed by atoms with Crippen LogP contribution >= 0.6 is 23.2 Å². The molecule has 1 saturated heterocycles. The lowest BCUT2D eigenvalue weighted by Crippen LogP contribution is -2.49. The monoisotopic (exact) mass is 473 g/mol. The van der Waals surface area contributed by atoms with E-state index in [1.807, 2.05) is 0 Å². The summed E-state index contributed by atoms with van der Waals surface area (Å²) in [6.07, 6.45) is 0. The SMILES string of the molecule is CC(=O)N1CCN(S(=O)(=O)c2cc([N+](=O)[O-])ccc2Oc2cc(Cl)ccc2Cl)CC1. The van der Waals surface area contributed by atoms with Crippen LogP contribution in [0.25, 0.3) is 0 Å². The van der Waals surface area contributed by atoms with Gasteiger partial charge in [-0.2, -0.15) is 4.31 Å². The third-order valence-corrected chi connectivity index (χ3v) is 7.02. The number of hydrogen-bond donors (Lipinski definition) is 0. The molecule has 12 heteroatoms. The van der Waals surface area contributed by atoms with Gasteiger partial charge in [0.1, 0.15) is 16.4 Å². The first kappa shape index (κ1) is 22.3. The maximum atomic E-state index is 13.3. The normalized spacial score (nSPS) is 15.1. The van der Waals surface area contributed by atoms with E-state index in [2.05, 4.69) is 0 Å². The number of piperazine rings is 1. The van der Waals surface area contributed by atoms with Crippen molar-refractivity contribution in [2.24, 2.45) is 0 Å². The van der Waals surface area contributed by atoms with Gasteiger partial charge in [0.25, 0.3) is 5.69 Å². The Hall–Kier alpha value is -2.40. The predicted molar refractivity (Wildman–Crippen MR) is 111 cm³/mol. The quantitative estimate of drug-likeness (QED) is 0.484. The fourth-order valence-electron chi connectivity index (χ4n) is 2.95. The summed E-state index contributed by atoms with van der Waals surface area (Å²) in [6, 6.07) is 7.72. The highest BCUT2D eigenvalue weighted by molar-refractivity contribution is 7.89. The maximum absolute atomic E-state index is 13.3. The first-order valence-corrected chi connectivity index (χ1v) is 11.0. The Bertz CT molecular complexity index is 1100. The van der Waals surface area contributed by atoms with Gasteiger partial charge >= 0.3 is 0 Å². The zero-order chi connectivity index (χ0) is 22.1. The minimum absolute atomic E-state index is 0.0575. The summed E-state index contributed by atoms with van der Waals surface area (Å²) in [7, 11) is -4.15. The molecular weight excluding hydrogens is 457 g/mol. The molecule has 1 amide bonds. The van der Waals surface area contributed by atoms with Gasteiger partial charge in [0.2, 0.25) is 15.9 Å². The zero-order valence-corrected chi connectivity index (χ0v) is 18.1. The second-order valence-electron chi connectivity index (χ2n) is 6.48. The summed E-state index contributed by atoms with van der Waals surface area (Å²) in [5.74, 6) is -0.170. The topological polar surface area (TPSA) is 110 Å². The molecule has 30 heavy (non-hydrogen) atoms. The molecule has 9 nitrogen and oxygen atoms in total. The van der Waals surface area contributed by atoms with Crippen molar-refractivity contribution >= 4 is 44.8 Å². The number of halogens is 2. The molecule has 0 aromatic heterocycles. The number of ether oxygens (including phenoxy) is 1. The average Bonchev–Trinajstić information content (AvgIpc) is 2.70. The summed E-state index contributed by atoms with van der Waals surface area (Å²) < 4.78 is 33.4. The van der Waals surface area contributed by atoms with Crippen LogP contribution in [0.1, 0.15) is 6.92 Å².